The van der Waals surface area contributed by atoms with Gasteiger partial charge in [-0.25, -0.2) is 0 Å². The van der Waals surface area contributed by atoms with Crippen molar-refractivity contribution in [3.05, 3.63) is 59.9 Å². The zero-order valence-corrected chi connectivity index (χ0v) is 13.7. The highest BCUT2D eigenvalue weighted by Crippen LogP contribution is 2.11. The van der Waals surface area contributed by atoms with E-state index in [2.05, 4.69) is 15.6 Å². The average Bonchev–Trinajstić information content (AvgIpc) is 2.60. The number of amides is 2. The van der Waals surface area contributed by atoms with Gasteiger partial charge in [0, 0.05) is 37.1 Å². The van der Waals surface area contributed by atoms with Crippen LogP contribution in [0.4, 0.5) is 5.69 Å². The van der Waals surface area contributed by atoms with E-state index in [1.807, 2.05) is 19.1 Å². The van der Waals surface area contributed by atoms with Gasteiger partial charge in [-0.2, -0.15) is 0 Å². The number of nitrogens with one attached hydrogen (secondary N) is 2. The first kappa shape index (κ1) is 17.6. The third kappa shape index (κ3) is 5.81. The van der Waals surface area contributed by atoms with E-state index in [9.17, 15) is 9.59 Å². The molecule has 2 amide bonds. The van der Waals surface area contributed by atoms with Crippen molar-refractivity contribution in [2.24, 2.45) is 5.73 Å². The van der Waals surface area contributed by atoms with Gasteiger partial charge < -0.3 is 16.4 Å². The summed E-state index contributed by atoms with van der Waals surface area (Å²) in [7, 11) is 0. The number of rotatable bonds is 7. The molecule has 0 aliphatic carbocycles. The number of anilines is 1. The Morgan fingerprint density at radius 2 is 1.96 bits per heavy atom. The second-order valence-corrected chi connectivity index (χ2v) is 5.69. The molecule has 0 radical (unpaired) electrons. The van der Waals surface area contributed by atoms with Crippen LogP contribution in [0.25, 0.3) is 0 Å². The van der Waals surface area contributed by atoms with Crippen LogP contribution in [-0.4, -0.2) is 22.8 Å². The Morgan fingerprint density at radius 1 is 1.21 bits per heavy atom. The summed E-state index contributed by atoms with van der Waals surface area (Å²) >= 11 is 0. The maximum absolute atomic E-state index is 12.0. The van der Waals surface area contributed by atoms with Crippen molar-refractivity contribution in [3.63, 3.8) is 0 Å². The fourth-order valence-corrected chi connectivity index (χ4v) is 2.05. The van der Waals surface area contributed by atoms with Gasteiger partial charge in [-0.05, 0) is 43.2 Å². The van der Waals surface area contributed by atoms with Crippen LogP contribution < -0.4 is 16.4 Å². The maximum Gasteiger partial charge on any atom is 0.257 e. The maximum atomic E-state index is 12.0. The van der Waals surface area contributed by atoms with Gasteiger partial charge in [-0.1, -0.05) is 12.1 Å². The van der Waals surface area contributed by atoms with E-state index in [0.717, 1.165) is 5.56 Å². The molecular weight excluding hydrogens is 304 g/mol. The van der Waals surface area contributed by atoms with Crippen LogP contribution in [0.15, 0.2) is 48.8 Å². The van der Waals surface area contributed by atoms with Crippen molar-refractivity contribution in [3.8, 4) is 0 Å². The van der Waals surface area contributed by atoms with Gasteiger partial charge in [0.2, 0.25) is 5.91 Å². The lowest BCUT2D eigenvalue weighted by Crippen LogP contribution is -2.25. The van der Waals surface area contributed by atoms with Crippen molar-refractivity contribution >= 4 is 17.5 Å². The molecule has 126 valence electrons. The summed E-state index contributed by atoms with van der Waals surface area (Å²) in [6.07, 6.45) is 4.23. The highest BCUT2D eigenvalue weighted by Gasteiger charge is 2.06. The fraction of sp³-hybridized carbons (Fsp3) is 0.278. The normalized spacial score (nSPS) is 11.6. The Labute approximate surface area is 141 Å². The molecule has 24 heavy (non-hydrogen) atoms. The van der Waals surface area contributed by atoms with Crippen LogP contribution in [0.2, 0.25) is 0 Å². The molecular formula is C18H22N4O2. The SMILES string of the molecule is CC(N)CCC(=O)NCc1ccc(NC(=O)c2cccnc2)cc1. The Balaban J connectivity index is 1.82. The number of nitrogens with two attached hydrogens (primary N) is 1. The van der Waals surface area contributed by atoms with Crippen LogP contribution >= 0.6 is 0 Å². The minimum Gasteiger partial charge on any atom is -0.352 e. The minimum absolute atomic E-state index is 0.0127. The Hall–Kier alpha value is -2.73. The van der Waals surface area contributed by atoms with Gasteiger partial charge in [-0.3, -0.25) is 14.6 Å². The summed E-state index contributed by atoms with van der Waals surface area (Å²) in [5, 5.41) is 5.65. The topological polar surface area (TPSA) is 97.1 Å². The number of hydrogen-bond donors (Lipinski definition) is 3. The predicted octanol–water partition coefficient (Wildman–Crippen LogP) is 2.08. The fourth-order valence-electron chi connectivity index (χ4n) is 2.05. The van der Waals surface area contributed by atoms with E-state index in [1.54, 1.807) is 30.5 Å². The second-order valence-electron chi connectivity index (χ2n) is 5.69. The Morgan fingerprint density at radius 3 is 2.58 bits per heavy atom. The largest absolute Gasteiger partial charge is 0.352 e. The Bertz CT molecular complexity index is 669. The number of aromatic nitrogens is 1. The molecule has 2 rings (SSSR count). The van der Waals surface area contributed by atoms with Crippen molar-refractivity contribution in [2.45, 2.75) is 32.4 Å². The number of carbonyl (C=O) groups is 2. The molecule has 2 aromatic rings. The van der Waals surface area contributed by atoms with Crippen molar-refractivity contribution in [2.75, 3.05) is 5.32 Å². The van der Waals surface area contributed by atoms with Crippen LogP contribution in [-0.2, 0) is 11.3 Å². The molecule has 0 aliphatic rings. The average molecular weight is 326 g/mol. The molecule has 6 nitrogen and oxygen atoms in total. The lowest BCUT2D eigenvalue weighted by atomic mass is 10.1. The van der Waals surface area contributed by atoms with Crippen molar-refractivity contribution in [1.29, 1.82) is 0 Å². The first-order valence-corrected chi connectivity index (χ1v) is 7.87. The molecule has 1 unspecified atom stereocenters. The summed E-state index contributed by atoms with van der Waals surface area (Å²) in [4.78, 5) is 27.6. The molecule has 0 fully saturated rings. The summed E-state index contributed by atoms with van der Waals surface area (Å²) in [5.41, 5.74) is 7.78. The van der Waals surface area contributed by atoms with Crippen molar-refractivity contribution in [1.82, 2.24) is 10.3 Å². The molecule has 6 heteroatoms. The first-order chi connectivity index (χ1) is 11.5. The van der Waals surface area contributed by atoms with Crippen LogP contribution in [0.5, 0.6) is 0 Å². The molecule has 0 spiro atoms. The smallest absolute Gasteiger partial charge is 0.257 e. The highest BCUT2D eigenvalue weighted by molar-refractivity contribution is 6.03. The van der Waals surface area contributed by atoms with E-state index in [0.29, 0.717) is 30.6 Å². The van der Waals surface area contributed by atoms with Crippen molar-refractivity contribution < 1.29 is 9.59 Å². The summed E-state index contributed by atoms with van der Waals surface area (Å²) in [6, 6.07) is 10.8. The van der Waals surface area contributed by atoms with Crippen LogP contribution in [0.1, 0.15) is 35.7 Å². The number of carbonyl (C=O) groups excluding carboxylic acids is 2. The molecule has 0 saturated carbocycles. The highest BCUT2D eigenvalue weighted by atomic mass is 16.2. The van der Waals surface area contributed by atoms with E-state index in [-0.39, 0.29) is 17.9 Å². The molecule has 4 N–H and O–H groups in total. The number of hydrogen-bond acceptors (Lipinski definition) is 4. The van der Waals surface area contributed by atoms with Crippen LogP contribution in [0, 0.1) is 0 Å². The third-order valence-electron chi connectivity index (χ3n) is 3.45. The second kappa shape index (κ2) is 8.79. The minimum atomic E-state index is -0.208. The van der Waals surface area contributed by atoms with Gasteiger partial charge in [0.15, 0.2) is 0 Å². The van der Waals surface area contributed by atoms with E-state index in [4.69, 9.17) is 5.73 Å². The predicted molar refractivity (Wildman–Crippen MR) is 93.4 cm³/mol. The third-order valence-corrected chi connectivity index (χ3v) is 3.45. The number of pyridine rings is 1. The van der Waals surface area contributed by atoms with E-state index >= 15 is 0 Å². The van der Waals surface area contributed by atoms with Gasteiger partial charge in [0.05, 0.1) is 5.56 Å². The molecule has 0 bridgehead atoms. The molecule has 0 aliphatic heterocycles. The standard InChI is InChI=1S/C18H22N4O2/c1-13(19)4-9-17(23)21-11-14-5-7-16(8-6-14)22-18(24)15-3-2-10-20-12-15/h2-3,5-8,10,12-13H,4,9,11,19H2,1H3,(H,21,23)(H,22,24). The van der Waals surface area contributed by atoms with Gasteiger partial charge >= 0.3 is 0 Å². The molecule has 1 aromatic heterocycles. The number of benzene rings is 1. The quantitative estimate of drug-likeness (QED) is 0.725. The summed E-state index contributed by atoms with van der Waals surface area (Å²) in [5.74, 6) is -0.221. The van der Waals surface area contributed by atoms with Crippen LogP contribution in [0.3, 0.4) is 0 Å². The van der Waals surface area contributed by atoms with Gasteiger partial charge in [-0.15, -0.1) is 0 Å². The Kier molecular flexibility index (Phi) is 6.45. The molecule has 1 aromatic carbocycles. The molecule has 1 heterocycles. The number of nitrogens with zero attached hydrogens (tertiary/aromatic N) is 1. The zero-order valence-electron chi connectivity index (χ0n) is 13.7. The molecule has 0 saturated heterocycles. The first-order valence-electron chi connectivity index (χ1n) is 7.87. The monoisotopic (exact) mass is 326 g/mol. The summed E-state index contributed by atoms with van der Waals surface area (Å²) < 4.78 is 0. The van der Waals surface area contributed by atoms with Gasteiger partial charge in [0.25, 0.3) is 5.91 Å². The summed E-state index contributed by atoms with van der Waals surface area (Å²) in [6.45, 7) is 2.33. The van der Waals surface area contributed by atoms with E-state index < -0.39 is 0 Å². The lowest BCUT2D eigenvalue weighted by Gasteiger charge is -2.08. The van der Waals surface area contributed by atoms with E-state index in [1.165, 1.54) is 6.20 Å². The zero-order chi connectivity index (χ0) is 17.4. The van der Waals surface area contributed by atoms with Gasteiger partial charge in [0.1, 0.15) is 0 Å². The lowest BCUT2D eigenvalue weighted by molar-refractivity contribution is -0.121. The molecule has 1 atom stereocenters.